The Hall–Kier alpha value is -2.04. The third-order valence-corrected chi connectivity index (χ3v) is 5.49. The molecule has 4 nitrogen and oxygen atoms in total. The van der Waals surface area contributed by atoms with Gasteiger partial charge in [0.05, 0.1) is 18.8 Å². The van der Waals surface area contributed by atoms with E-state index in [9.17, 15) is 5.11 Å². The molecular weight excluding hydrogens is 376 g/mol. The van der Waals surface area contributed by atoms with Crippen LogP contribution in [0.5, 0.6) is 11.5 Å². The van der Waals surface area contributed by atoms with Crippen LogP contribution in [0.1, 0.15) is 51.2 Å². The number of hydrogen-bond donors (Lipinski definition) is 1. The molecule has 0 aliphatic carbocycles. The molecule has 164 valence electrons. The van der Waals surface area contributed by atoms with Crippen molar-refractivity contribution in [2.45, 2.75) is 58.5 Å². The lowest BCUT2D eigenvalue weighted by Crippen LogP contribution is -2.35. The van der Waals surface area contributed by atoms with Crippen LogP contribution in [0.4, 0.5) is 0 Å². The quantitative estimate of drug-likeness (QED) is 0.699. The summed E-state index contributed by atoms with van der Waals surface area (Å²) in [5.74, 6) is 1.76. The van der Waals surface area contributed by atoms with Crippen molar-refractivity contribution in [1.29, 1.82) is 0 Å². The molecule has 4 heteroatoms. The number of para-hydroxylation sites is 2. The fourth-order valence-electron chi connectivity index (χ4n) is 4.25. The van der Waals surface area contributed by atoms with Gasteiger partial charge in [-0.05, 0) is 60.8 Å². The summed E-state index contributed by atoms with van der Waals surface area (Å²) >= 11 is 0. The highest BCUT2D eigenvalue weighted by Crippen LogP contribution is 2.36. The van der Waals surface area contributed by atoms with E-state index < -0.39 is 5.60 Å². The number of rotatable bonds is 1. The number of aliphatic hydroxyl groups is 1. The summed E-state index contributed by atoms with van der Waals surface area (Å²) in [6, 6.07) is 16.2. The summed E-state index contributed by atoms with van der Waals surface area (Å²) in [5.41, 5.74) is 1.57. The first-order valence-corrected chi connectivity index (χ1v) is 11.1. The van der Waals surface area contributed by atoms with E-state index in [1.165, 1.54) is 0 Å². The van der Waals surface area contributed by atoms with Crippen LogP contribution in [-0.2, 0) is 17.6 Å². The van der Waals surface area contributed by atoms with Crippen LogP contribution in [0.25, 0.3) is 0 Å². The Balaban J connectivity index is 1.83. The lowest BCUT2D eigenvalue weighted by atomic mass is 9.76. The van der Waals surface area contributed by atoms with Gasteiger partial charge in [-0.25, -0.2) is 0 Å². The molecule has 1 aliphatic rings. The zero-order valence-electron chi connectivity index (χ0n) is 18.7. The molecule has 2 aromatic carbocycles. The molecule has 1 heterocycles. The second-order valence-corrected chi connectivity index (χ2v) is 9.49. The molecule has 0 unspecified atom stereocenters. The number of ether oxygens (including phenoxy) is 3. The van der Waals surface area contributed by atoms with Crippen molar-refractivity contribution in [2.75, 3.05) is 26.4 Å². The Kier molecular flexibility index (Phi) is 7.79. The van der Waals surface area contributed by atoms with Gasteiger partial charge in [0.2, 0.25) is 0 Å². The summed E-state index contributed by atoms with van der Waals surface area (Å²) in [7, 11) is 0. The number of fused-ring (bicyclic) bond motifs is 2. The second-order valence-electron chi connectivity index (χ2n) is 9.49. The summed E-state index contributed by atoms with van der Waals surface area (Å²) in [6.07, 6.45) is 3.71. The Labute approximate surface area is 181 Å². The van der Waals surface area contributed by atoms with Crippen LogP contribution in [0, 0.1) is 5.41 Å². The number of aryl methyl sites for hydroxylation is 2. The van der Waals surface area contributed by atoms with Crippen molar-refractivity contribution < 1.29 is 19.3 Å². The molecule has 2 aromatic rings. The Bertz CT molecular complexity index is 738. The van der Waals surface area contributed by atoms with E-state index in [0.29, 0.717) is 39.3 Å². The fraction of sp³-hybridized carbons (Fsp3) is 0.538. The highest BCUT2D eigenvalue weighted by atomic mass is 16.5. The largest absolute Gasteiger partial charge is 0.491 e. The third-order valence-electron chi connectivity index (χ3n) is 5.49. The van der Waals surface area contributed by atoms with Gasteiger partial charge in [0.1, 0.15) is 24.7 Å². The lowest BCUT2D eigenvalue weighted by molar-refractivity contribution is -0.0133. The van der Waals surface area contributed by atoms with Crippen LogP contribution < -0.4 is 9.47 Å². The standard InChI is InChI=1S/C26H36O4/c1-25(2,3)20-26(27)14-12-21-8-4-6-10-23(21)29-18-16-28-17-19-30-24-11-7-5-9-22(24)13-15-26/h4-11,27H,12-20H2,1-3H3. The van der Waals surface area contributed by atoms with Gasteiger partial charge in [-0.15, -0.1) is 0 Å². The third kappa shape index (κ3) is 7.03. The van der Waals surface area contributed by atoms with Crippen molar-refractivity contribution in [1.82, 2.24) is 0 Å². The van der Waals surface area contributed by atoms with E-state index >= 15 is 0 Å². The van der Waals surface area contributed by atoms with Crippen molar-refractivity contribution in [3.63, 3.8) is 0 Å². The molecule has 0 amide bonds. The molecule has 0 spiro atoms. The van der Waals surface area contributed by atoms with Crippen LogP contribution in [-0.4, -0.2) is 37.1 Å². The minimum Gasteiger partial charge on any atom is -0.491 e. The van der Waals surface area contributed by atoms with Gasteiger partial charge in [0.25, 0.3) is 0 Å². The van der Waals surface area contributed by atoms with E-state index in [1.54, 1.807) is 0 Å². The van der Waals surface area contributed by atoms with Crippen LogP contribution >= 0.6 is 0 Å². The van der Waals surface area contributed by atoms with Gasteiger partial charge in [0.15, 0.2) is 0 Å². The maximum atomic E-state index is 11.7. The lowest BCUT2D eigenvalue weighted by Gasteiger charge is -2.35. The Morgan fingerprint density at radius 1 is 0.767 bits per heavy atom. The van der Waals surface area contributed by atoms with E-state index in [2.05, 4.69) is 32.9 Å². The molecule has 1 aliphatic heterocycles. The zero-order valence-corrected chi connectivity index (χ0v) is 18.7. The summed E-state index contributed by atoms with van der Waals surface area (Å²) in [5, 5.41) is 11.7. The fourth-order valence-corrected chi connectivity index (χ4v) is 4.25. The van der Waals surface area contributed by atoms with Crippen LogP contribution in [0.15, 0.2) is 48.5 Å². The van der Waals surface area contributed by atoms with Gasteiger partial charge in [-0.1, -0.05) is 57.2 Å². The molecule has 0 radical (unpaired) electrons. The van der Waals surface area contributed by atoms with Gasteiger partial charge < -0.3 is 19.3 Å². The molecule has 3 rings (SSSR count). The average Bonchev–Trinajstić information content (AvgIpc) is 2.70. The predicted octanol–water partition coefficient (Wildman–Crippen LogP) is 5.21. The van der Waals surface area contributed by atoms with E-state index in [4.69, 9.17) is 14.2 Å². The van der Waals surface area contributed by atoms with Crippen molar-refractivity contribution in [3.8, 4) is 11.5 Å². The minimum atomic E-state index is -0.751. The first kappa shape index (κ1) is 22.6. The Morgan fingerprint density at radius 2 is 1.23 bits per heavy atom. The van der Waals surface area contributed by atoms with Crippen LogP contribution in [0.2, 0.25) is 0 Å². The molecule has 30 heavy (non-hydrogen) atoms. The maximum absolute atomic E-state index is 11.7. The molecular formula is C26H36O4. The van der Waals surface area contributed by atoms with Gasteiger partial charge >= 0.3 is 0 Å². The average molecular weight is 413 g/mol. The SMILES string of the molecule is CC(C)(C)CC1(O)CCc2ccccc2OCCOCCOc2ccccc2CC1. The summed E-state index contributed by atoms with van der Waals surface area (Å²) in [4.78, 5) is 0. The summed E-state index contributed by atoms with van der Waals surface area (Å²) < 4.78 is 17.6. The monoisotopic (exact) mass is 412 g/mol. The van der Waals surface area contributed by atoms with E-state index in [1.807, 2.05) is 36.4 Å². The molecule has 0 fully saturated rings. The number of benzene rings is 2. The second kappa shape index (κ2) is 10.3. The van der Waals surface area contributed by atoms with E-state index in [0.717, 1.165) is 41.9 Å². The highest BCUT2D eigenvalue weighted by Gasteiger charge is 2.32. The molecule has 0 saturated heterocycles. The first-order chi connectivity index (χ1) is 14.3. The number of hydrogen-bond acceptors (Lipinski definition) is 4. The van der Waals surface area contributed by atoms with Crippen molar-refractivity contribution in [2.24, 2.45) is 5.41 Å². The Morgan fingerprint density at radius 3 is 1.70 bits per heavy atom. The van der Waals surface area contributed by atoms with Crippen molar-refractivity contribution >= 4 is 0 Å². The smallest absolute Gasteiger partial charge is 0.122 e. The van der Waals surface area contributed by atoms with Gasteiger partial charge in [0, 0.05) is 0 Å². The van der Waals surface area contributed by atoms with E-state index in [-0.39, 0.29) is 5.41 Å². The summed E-state index contributed by atoms with van der Waals surface area (Å²) in [6.45, 7) is 8.62. The molecule has 1 N–H and O–H groups in total. The zero-order chi connectivity index (χ0) is 21.5. The van der Waals surface area contributed by atoms with Crippen molar-refractivity contribution in [3.05, 3.63) is 59.7 Å². The van der Waals surface area contributed by atoms with Crippen LogP contribution in [0.3, 0.4) is 0 Å². The molecule has 0 saturated carbocycles. The first-order valence-electron chi connectivity index (χ1n) is 11.1. The highest BCUT2D eigenvalue weighted by molar-refractivity contribution is 5.34. The minimum absolute atomic E-state index is 0.0406. The van der Waals surface area contributed by atoms with Gasteiger partial charge in [-0.2, -0.15) is 0 Å². The molecule has 0 aromatic heterocycles. The predicted molar refractivity (Wildman–Crippen MR) is 120 cm³/mol. The topological polar surface area (TPSA) is 47.9 Å². The maximum Gasteiger partial charge on any atom is 0.122 e. The molecule has 0 bridgehead atoms. The molecule has 0 atom stereocenters. The normalized spacial score (nSPS) is 18.4. The van der Waals surface area contributed by atoms with Gasteiger partial charge in [-0.3, -0.25) is 0 Å².